The molecule has 0 aliphatic rings. The molecule has 12 heavy (non-hydrogen) atoms. The highest BCUT2D eigenvalue weighted by Gasteiger charge is 1.91. The minimum absolute atomic E-state index is 0.175. The third-order valence-corrected chi connectivity index (χ3v) is 1.54. The molecule has 64 valence electrons. The largest absolute Gasteiger partial charge is 0.369 e. The third kappa shape index (κ3) is 2.84. The van der Waals surface area contributed by atoms with Crippen LogP contribution in [-0.2, 0) is 16.1 Å². The Balaban J connectivity index is 2.46. The summed E-state index contributed by atoms with van der Waals surface area (Å²) in [4.78, 5) is 9.94. The van der Waals surface area contributed by atoms with E-state index in [-0.39, 0.29) is 6.61 Å². The van der Waals surface area contributed by atoms with Gasteiger partial charge in [-0.3, -0.25) is 0 Å². The molecule has 2 nitrogen and oxygen atoms in total. The summed E-state index contributed by atoms with van der Waals surface area (Å²) in [5, 5.41) is 0. The molecule has 0 saturated heterocycles. The van der Waals surface area contributed by atoms with Gasteiger partial charge in [-0.05, 0) is 12.5 Å². The van der Waals surface area contributed by atoms with Crippen LogP contribution in [0.5, 0.6) is 0 Å². The first-order valence-corrected chi connectivity index (χ1v) is 3.90. The minimum atomic E-state index is 0.175. The van der Waals surface area contributed by atoms with Crippen molar-refractivity contribution < 1.29 is 9.53 Å². The fourth-order valence-corrected chi connectivity index (χ4v) is 1.03. The maximum Gasteiger partial charge on any atom is 0.145 e. The molecule has 0 radical (unpaired) electrons. The van der Waals surface area contributed by atoms with E-state index in [1.54, 1.807) is 0 Å². The van der Waals surface area contributed by atoms with Gasteiger partial charge in [-0.15, -0.1) is 0 Å². The molecule has 2 heteroatoms. The molecule has 0 unspecified atom stereocenters. The molecular weight excluding hydrogens is 152 g/mol. The van der Waals surface area contributed by atoms with Gasteiger partial charge in [0, 0.05) is 0 Å². The lowest BCUT2D eigenvalue weighted by atomic mass is 10.1. The SMILES string of the molecule is Cc1cccc(COCC=O)c1. The van der Waals surface area contributed by atoms with E-state index in [1.165, 1.54) is 5.56 Å². The Morgan fingerprint density at radius 1 is 1.50 bits per heavy atom. The molecular formula is C10H12O2. The Kier molecular flexibility index (Phi) is 3.48. The van der Waals surface area contributed by atoms with Gasteiger partial charge in [0.15, 0.2) is 0 Å². The first-order chi connectivity index (χ1) is 5.83. The van der Waals surface area contributed by atoms with Gasteiger partial charge in [-0.1, -0.05) is 29.8 Å². The van der Waals surface area contributed by atoms with Crippen molar-refractivity contribution in [3.8, 4) is 0 Å². The summed E-state index contributed by atoms with van der Waals surface area (Å²) < 4.78 is 5.06. The Bertz CT molecular complexity index is 256. The maximum atomic E-state index is 9.94. The van der Waals surface area contributed by atoms with Gasteiger partial charge in [0.1, 0.15) is 12.9 Å². The second-order valence-corrected chi connectivity index (χ2v) is 2.67. The molecule has 1 rings (SSSR count). The van der Waals surface area contributed by atoms with Gasteiger partial charge in [0.2, 0.25) is 0 Å². The Labute approximate surface area is 72.2 Å². The molecule has 1 aromatic rings. The first kappa shape index (κ1) is 8.94. The van der Waals surface area contributed by atoms with Crippen LogP contribution in [0.1, 0.15) is 11.1 Å². The zero-order valence-electron chi connectivity index (χ0n) is 7.12. The van der Waals surface area contributed by atoms with Gasteiger partial charge in [0.25, 0.3) is 0 Å². The Morgan fingerprint density at radius 2 is 2.33 bits per heavy atom. The van der Waals surface area contributed by atoms with Gasteiger partial charge in [-0.25, -0.2) is 0 Å². The highest BCUT2D eigenvalue weighted by Crippen LogP contribution is 2.04. The van der Waals surface area contributed by atoms with Crippen LogP contribution in [0, 0.1) is 6.92 Å². The number of ether oxygens (including phenoxy) is 1. The summed E-state index contributed by atoms with van der Waals surface area (Å²) in [6.07, 6.45) is 0.760. The molecule has 0 amide bonds. The second kappa shape index (κ2) is 4.67. The van der Waals surface area contributed by atoms with Crippen LogP contribution >= 0.6 is 0 Å². The van der Waals surface area contributed by atoms with Crippen LogP contribution in [0.4, 0.5) is 0 Å². The zero-order valence-corrected chi connectivity index (χ0v) is 7.12. The van der Waals surface area contributed by atoms with Crippen molar-refractivity contribution in [2.75, 3.05) is 6.61 Å². The van der Waals surface area contributed by atoms with Crippen LogP contribution in [0.2, 0.25) is 0 Å². The van der Waals surface area contributed by atoms with Crippen LogP contribution in [0.15, 0.2) is 24.3 Å². The van der Waals surface area contributed by atoms with Gasteiger partial charge in [0.05, 0.1) is 6.61 Å². The van der Waals surface area contributed by atoms with E-state index in [1.807, 2.05) is 31.2 Å². The normalized spacial score (nSPS) is 9.75. The van der Waals surface area contributed by atoms with E-state index in [0.717, 1.165) is 11.8 Å². The number of benzene rings is 1. The van der Waals surface area contributed by atoms with E-state index >= 15 is 0 Å². The quantitative estimate of drug-likeness (QED) is 0.500. The van der Waals surface area contributed by atoms with Crippen LogP contribution < -0.4 is 0 Å². The van der Waals surface area contributed by atoms with Crippen LogP contribution in [-0.4, -0.2) is 12.9 Å². The molecule has 0 saturated carbocycles. The Morgan fingerprint density at radius 3 is 3.00 bits per heavy atom. The average Bonchev–Trinajstić information content (AvgIpc) is 2.05. The lowest BCUT2D eigenvalue weighted by Crippen LogP contribution is -1.95. The summed E-state index contributed by atoms with van der Waals surface area (Å²) in [5.74, 6) is 0. The van der Waals surface area contributed by atoms with Gasteiger partial charge in [-0.2, -0.15) is 0 Å². The first-order valence-electron chi connectivity index (χ1n) is 3.90. The second-order valence-electron chi connectivity index (χ2n) is 2.67. The standard InChI is InChI=1S/C10H12O2/c1-9-3-2-4-10(7-9)8-12-6-5-11/h2-5,7H,6,8H2,1H3. The molecule has 0 heterocycles. The van der Waals surface area contributed by atoms with Crippen molar-refractivity contribution in [2.24, 2.45) is 0 Å². The van der Waals surface area contributed by atoms with E-state index in [9.17, 15) is 4.79 Å². The summed E-state index contributed by atoms with van der Waals surface area (Å²) in [6.45, 7) is 2.72. The fourth-order valence-electron chi connectivity index (χ4n) is 1.03. The molecule has 0 aliphatic carbocycles. The van der Waals surface area contributed by atoms with E-state index in [4.69, 9.17) is 4.74 Å². The molecule has 1 aromatic carbocycles. The number of hydrogen-bond donors (Lipinski definition) is 0. The number of hydrogen-bond acceptors (Lipinski definition) is 2. The van der Waals surface area contributed by atoms with Crippen molar-refractivity contribution in [3.63, 3.8) is 0 Å². The number of rotatable bonds is 4. The highest BCUT2D eigenvalue weighted by atomic mass is 16.5. The molecule has 0 bridgehead atoms. The smallest absolute Gasteiger partial charge is 0.145 e. The lowest BCUT2D eigenvalue weighted by molar-refractivity contribution is -0.112. The molecule has 0 fully saturated rings. The monoisotopic (exact) mass is 164 g/mol. The van der Waals surface area contributed by atoms with Gasteiger partial charge >= 0.3 is 0 Å². The van der Waals surface area contributed by atoms with Crippen LogP contribution in [0.25, 0.3) is 0 Å². The summed E-state index contributed by atoms with van der Waals surface area (Å²) in [5.41, 5.74) is 2.32. The lowest BCUT2D eigenvalue weighted by Gasteiger charge is -2.01. The molecule has 0 aliphatic heterocycles. The average molecular weight is 164 g/mol. The molecule has 0 aromatic heterocycles. The third-order valence-electron chi connectivity index (χ3n) is 1.54. The Hall–Kier alpha value is -1.15. The molecule has 0 spiro atoms. The van der Waals surface area contributed by atoms with E-state index in [0.29, 0.717) is 6.61 Å². The number of aldehydes is 1. The predicted octanol–water partition coefficient (Wildman–Crippen LogP) is 1.71. The van der Waals surface area contributed by atoms with E-state index in [2.05, 4.69) is 0 Å². The van der Waals surface area contributed by atoms with E-state index < -0.39 is 0 Å². The summed E-state index contributed by atoms with van der Waals surface area (Å²) in [6, 6.07) is 8.04. The van der Waals surface area contributed by atoms with Crippen molar-refractivity contribution >= 4 is 6.29 Å². The topological polar surface area (TPSA) is 26.3 Å². The molecule has 0 atom stereocenters. The predicted molar refractivity (Wildman–Crippen MR) is 46.9 cm³/mol. The highest BCUT2D eigenvalue weighted by molar-refractivity contribution is 5.50. The minimum Gasteiger partial charge on any atom is -0.369 e. The number of carbonyl (C=O) groups excluding carboxylic acids is 1. The summed E-state index contributed by atoms with van der Waals surface area (Å²) in [7, 11) is 0. The van der Waals surface area contributed by atoms with Crippen molar-refractivity contribution in [2.45, 2.75) is 13.5 Å². The molecule has 0 N–H and O–H groups in total. The number of carbonyl (C=O) groups is 1. The zero-order chi connectivity index (χ0) is 8.81. The van der Waals surface area contributed by atoms with Crippen molar-refractivity contribution in [1.29, 1.82) is 0 Å². The van der Waals surface area contributed by atoms with Crippen molar-refractivity contribution in [3.05, 3.63) is 35.4 Å². The van der Waals surface area contributed by atoms with Gasteiger partial charge < -0.3 is 9.53 Å². The maximum absolute atomic E-state index is 9.94. The number of aryl methyl sites for hydroxylation is 1. The fraction of sp³-hybridized carbons (Fsp3) is 0.300. The summed E-state index contributed by atoms with van der Waals surface area (Å²) >= 11 is 0. The van der Waals surface area contributed by atoms with Crippen LogP contribution in [0.3, 0.4) is 0 Å². The van der Waals surface area contributed by atoms with Crippen molar-refractivity contribution in [1.82, 2.24) is 0 Å².